The Morgan fingerprint density at radius 3 is 1.20 bits per heavy atom. The zero-order valence-corrected chi connectivity index (χ0v) is 49.8. The minimum atomic E-state index is -6.82. The van der Waals surface area contributed by atoms with E-state index in [2.05, 4.69) is 6.07 Å². The summed E-state index contributed by atoms with van der Waals surface area (Å²) in [7, 11) is 17.3. The standard InChI is InChI=1S/2C27H21F6.C12H9Si.2ClH.Zr/c2*1-3-16(2)19-11-18-9-10-23(17-7-5-4-6-8-17)25(24(18)14-19)20-12-21(26(28,29)30)15-22(13-20)27(31,32)33;1-3-7-11-9(5-1)10-6-2-4-8-12(10)13-11;;;/h2*4-16H,3H2,1-2H3;1-7H,13H2;2*1H;/q;;;;;+2/p-2. The molecule has 82 heavy (non-hydrogen) atoms. The number of benzene rings is 8. The summed E-state index contributed by atoms with van der Waals surface area (Å²) in [4.78, 5) is 0. The van der Waals surface area contributed by atoms with Gasteiger partial charge in [0.05, 0.1) is 0 Å². The van der Waals surface area contributed by atoms with Crippen molar-refractivity contribution < 1.29 is 69.1 Å². The topological polar surface area (TPSA) is 0 Å². The van der Waals surface area contributed by atoms with Crippen molar-refractivity contribution in [2.45, 2.75) is 72.5 Å². The first-order valence-electron chi connectivity index (χ1n) is 26.9. The van der Waals surface area contributed by atoms with E-state index in [-0.39, 0.29) is 46.2 Å². The van der Waals surface area contributed by atoms with E-state index < -0.39 is 80.1 Å². The van der Waals surface area contributed by atoms with Gasteiger partial charge in [-0.1, -0.05) is 0 Å². The zero-order valence-electron chi connectivity index (χ0n) is 44.5. The molecule has 8 aromatic rings. The average molecular weight is 1260 g/mol. The van der Waals surface area contributed by atoms with Crippen LogP contribution in [-0.4, -0.2) is 9.52 Å². The SMILES string of the molecule is CCC(C)C1=Cc2c(ccc(-c3ccccc3)c2-c2cc(C(F)(F)F)cc(C(F)(F)F)c2)[CH]1[Zr]([Cl])([Cl])([c]1cccc2c1[SiH2]c1ccccc1-2)[CH]1C(C(C)CC)=Cc2c1ccc(-c1ccccc1)c2-c1cc(C(F)(F)F)cc(C(F)(F)F)c1. The fraction of sp³-hybridized carbons (Fsp3) is 0.212. The molecule has 2 aliphatic carbocycles. The summed E-state index contributed by atoms with van der Waals surface area (Å²) in [6, 6.07) is 41.3. The van der Waals surface area contributed by atoms with Gasteiger partial charge in [0.2, 0.25) is 0 Å². The summed E-state index contributed by atoms with van der Waals surface area (Å²) in [6.07, 6.45) is -16.1. The molecule has 421 valence electrons. The molecule has 0 spiro atoms. The summed E-state index contributed by atoms with van der Waals surface area (Å²) >= 11 is -6.82. The van der Waals surface area contributed by atoms with E-state index in [0.29, 0.717) is 71.8 Å². The Hall–Kier alpha value is -5.92. The fourth-order valence-electron chi connectivity index (χ4n) is 13.1. The molecule has 0 amide bonds. The summed E-state index contributed by atoms with van der Waals surface area (Å²) < 4.78 is 178. The van der Waals surface area contributed by atoms with Gasteiger partial charge < -0.3 is 0 Å². The van der Waals surface area contributed by atoms with Crippen molar-refractivity contribution in [3.05, 3.63) is 219 Å². The van der Waals surface area contributed by atoms with Crippen molar-refractivity contribution in [2.24, 2.45) is 11.8 Å². The molecule has 0 bridgehead atoms. The van der Waals surface area contributed by atoms with Crippen LogP contribution >= 0.6 is 17.0 Å². The number of hydrogen-bond acceptors (Lipinski definition) is 0. The van der Waals surface area contributed by atoms with Crippen LogP contribution in [0, 0.1) is 11.8 Å². The predicted molar refractivity (Wildman–Crippen MR) is 306 cm³/mol. The van der Waals surface area contributed by atoms with E-state index in [0.717, 1.165) is 45.8 Å². The Labute approximate surface area is 477 Å². The average Bonchev–Trinajstić information content (AvgIpc) is 3.32. The van der Waals surface area contributed by atoms with Gasteiger partial charge in [-0.15, -0.1) is 0 Å². The van der Waals surface area contributed by atoms with Gasteiger partial charge in [0.1, 0.15) is 0 Å². The van der Waals surface area contributed by atoms with E-state index in [9.17, 15) is 69.7 Å². The van der Waals surface area contributed by atoms with E-state index in [4.69, 9.17) is 0 Å². The zero-order chi connectivity index (χ0) is 58.7. The van der Waals surface area contributed by atoms with Crippen LogP contribution < -0.4 is 13.6 Å². The molecule has 0 radical (unpaired) electrons. The monoisotopic (exact) mass is 1260 g/mol. The van der Waals surface area contributed by atoms with Crippen LogP contribution in [0.3, 0.4) is 0 Å². The molecule has 0 saturated carbocycles. The maximum absolute atomic E-state index is 14.9. The number of halogens is 14. The molecule has 0 fully saturated rings. The van der Waals surface area contributed by atoms with Crippen LogP contribution in [0.1, 0.15) is 92.3 Å². The van der Waals surface area contributed by atoms with E-state index in [1.165, 1.54) is 0 Å². The summed E-state index contributed by atoms with van der Waals surface area (Å²) in [6.45, 7) is 7.86. The van der Waals surface area contributed by atoms with Gasteiger partial charge in [-0.2, -0.15) is 0 Å². The van der Waals surface area contributed by atoms with Crippen molar-refractivity contribution in [1.82, 2.24) is 0 Å². The number of rotatable bonds is 11. The van der Waals surface area contributed by atoms with Crippen LogP contribution in [0.2, 0.25) is 0 Å². The molecule has 16 heteroatoms. The van der Waals surface area contributed by atoms with Crippen LogP contribution in [0.4, 0.5) is 52.7 Å². The first-order valence-corrected chi connectivity index (χ1v) is 38.7. The molecule has 0 aromatic heterocycles. The second kappa shape index (κ2) is 20.7. The fourth-order valence-corrected chi connectivity index (χ4v) is 41.1. The molecule has 3 aliphatic rings. The molecule has 4 unspecified atom stereocenters. The third-order valence-electron chi connectivity index (χ3n) is 17.2. The molecule has 0 N–H and O–H groups in total. The van der Waals surface area contributed by atoms with Crippen LogP contribution in [0.5, 0.6) is 0 Å². The Kier molecular flexibility index (Phi) is 14.6. The summed E-state index contributed by atoms with van der Waals surface area (Å²) in [5.41, 5.74) is 0.131. The molecular formula is C66H51Cl2F12SiZr. The first kappa shape index (κ1) is 57.9. The molecule has 0 saturated heterocycles. The van der Waals surface area contributed by atoms with Crippen LogP contribution in [0.15, 0.2) is 175 Å². The minimum absolute atomic E-state index is 0.0958. The molecule has 0 nitrogen and oxygen atoms in total. The van der Waals surface area contributed by atoms with E-state index >= 15 is 0 Å². The second-order valence-corrected chi connectivity index (χ2v) is 44.3. The van der Waals surface area contributed by atoms with E-state index in [1.54, 1.807) is 72.8 Å². The van der Waals surface area contributed by atoms with Gasteiger partial charge in [0.25, 0.3) is 0 Å². The van der Waals surface area contributed by atoms with Gasteiger partial charge in [-0.25, -0.2) is 0 Å². The van der Waals surface area contributed by atoms with Crippen LogP contribution in [-0.2, 0) is 41.1 Å². The number of alkyl halides is 12. The Morgan fingerprint density at radius 2 is 0.805 bits per heavy atom. The van der Waals surface area contributed by atoms with Crippen molar-refractivity contribution >= 4 is 52.3 Å². The van der Waals surface area contributed by atoms with Gasteiger partial charge in [0, 0.05) is 0 Å². The van der Waals surface area contributed by atoms with Gasteiger partial charge in [-0.05, 0) is 0 Å². The van der Waals surface area contributed by atoms with Gasteiger partial charge >= 0.3 is 481 Å². The molecule has 11 rings (SSSR count). The maximum atomic E-state index is 14.9. The molecule has 8 aromatic carbocycles. The van der Waals surface area contributed by atoms with Gasteiger partial charge in [-0.3, -0.25) is 0 Å². The predicted octanol–water partition coefficient (Wildman–Crippen LogP) is 19.5. The molecule has 1 heterocycles. The summed E-state index contributed by atoms with van der Waals surface area (Å²) in [5.74, 6) is -0.735. The van der Waals surface area contributed by atoms with Crippen molar-refractivity contribution in [3.8, 4) is 55.6 Å². The molecular weight excluding hydrogens is 1210 g/mol. The third-order valence-corrected chi connectivity index (χ3v) is 39.8. The van der Waals surface area contributed by atoms with Crippen molar-refractivity contribution in [1.29, 1.82) is 0 Å². The molecule has 1 aliphatic heterocycles. The number of fused-ring (bicyclic) bond motifs is 5. The summed E-state index contributed by atoms with van der Waals surface area (Å²) in [5, 5.41) is 2.07. The van der Waals surface area contributed by atoms with Crippen molar-refractivity contribution in [2.75, 3.05) is 0 Å². The Morgan fingerprint density at radius 1 is 0.427 bits per heavy atom. The van der Waals surface area contributed by atoms with Gasteiger partial charge in [0.15, 0.2) is 0 Å². The second-order valence-electron chi connectivity index (χ2n) is 21.9. The quantitative estimate of drug-likeness (QED) is 0.0894. The Balaban J connectivity index is 1.30. The first-order chi connectivity index (χ1) is 38.6. The molecule has 4 atom stereocenters. The van der Waals surface area contributed by atoms with Crippen molar-refractivity contribution in [3.63, 3.8) is 0 Å². The van der Waals surface area contributed by atoms with Crippen LogP contribution in [0.25, 0.3) is 67.8 Å². The third kappa shape index (κ3) is 9.78. The van der Waals surface area contributed by atoms with E-state index in [1.807, 2.05) is 88.4 Å². The number of allylic oxidation sites excluding steroid dienone is 2. The Bertz CT molecular complexity index is 3650. The normalized spacial score (nSPS) is 17.6. The number of hydrogen-bond donors (Lipinski definition) is 0.